The molecule has 35 heavy (non-hydrogen) atoms. The quantitative estimate of drug-likeness (QED) is 0.257. The van der Waals surface area contributed by atoms with E-state index in [0.717, 1.165) is 21.0 Å². The van der Waals surface area contributed by atoms with Crippen molar-refractivity contribution in [1.82, 2.24) is 10.1 Å². The second kappa shape index (κ2) is 10.2. The zero-order valence-corrected chi connectivity index (χ0v) is 22.4. The first-order valence-electron chi connectivity index (χ1n) is 10.9. The molecule has 4 rings (SSSR count). The number of pyridine rings is 1. The first-order chi connectivity index (χ1) is 16.7. The third-order valence-electron chi connectivity index (χ3n) is 5.53. The maximum absolute atomic E-state index is 14.4. The third-order valence-corrected chi connectivity index (χ3v) is 9.05. The zero-order chi connectivity index (χ0) is 25.3. The lowest BCUT2D eigenvalue weighted by atomic mass is 10.0. The molecule has 1 atom stereocenters. The molecule has 1 unspecified atom stereocenters. The van der Waals surface area contributed by atoms with Crippen molar-refractivity contribution in [3.8, 4) is 0 Å². The van der Waals surface area contributed by atoms with E-state index < -0.39 is 16.4 Å². The van der Waals surface area contributed by atoms with Crippen LogP contribution >= 0.6 is 22.9 Å². The summed E-state index contributed by atoms with van der Waals surface area (Å²) < 4.78 is 46.1. The van der Waals surface area contributed by atoms with Gasteiger partial charge < -0.3 is 14.0 Å². The highest BCUT2D eigenvalue weighted by Crippen LogP contribution is 2.41. The summed E-state index contributed by atoms with van der Waals surface area (Å²) in [5, 5.41) is 4.41. The topological polar surface area (TPSA) is 94.8 Å². The number of thiophene rings is 1. The molecule has 0 fully saturated rings. The predicted octanol–water partition coefficient (Wildman–Crippen LogP) is 5.62. The number of nitrogens with zero attached hydrogens (tertiary/aromatic N) is 3. The van der Waals surface area contributed by atoms with Crippen LogP contribution in [0.3, 0.4) is 0 Å². The molecule has 3 heterocycles. The molecule has 0 amide bonds. The van der Waals surface area contributed by atoms with Crippen LogP contribution in [0.25, 0.3) is 10.2 Å². The predicted molar refractivity (Wildman–Crippen MR) is 137 cm³/mol. The van der Waals surface area contributed by atoms with Crippen LogP contribution in [-0.4, -0.2) is 38.7 Å². The fourth-order valence-electron chi connectivity index (χ4n) is 3.85. The van der Waals surface area contributed by atoms with Gasteiger partial charge in [-0.05, 0) is 51.0 Å². The van der Waals surface area contributed by atoms with E-state index in [9.17, 15) is 8.42 Å². The van der Waals surface area contributed by atoms with Crippen molar-refractivity contribution in [3.05, 3.63) is 68.8 Å². The van der Waals surface area contributed by atoms with E-state index in [4.69, 9.17) is 25.6 Å². The molecule has 4 aromatic rings. The monoisotopic (exact) mass is 535 g/mol. The molecule has 0 N–H and O–H groups in total. The number of aryl methyl sites for hydroxylation is 3. The number of aromatic nitrogens is 2. The molecule has 1 aromatic carbocycles. The van der Waals surface area contributed by atoms with E-state index in [-0.39, 0.29) is 22.4 Å². The van der Waals surface area contributed by atoms with Crippen molar-refractivity contribution in [2.24, 2.45) is 0 Å². The number of anilines is 1. The molecule has 0 aliphatic carbocycles. The smallest absolute Gasteiger partial charge is 0.272 e. The molecule has 0 aliphatic heterocycles. The molecule has 186 valence electrons. The fourth-order valence-corrected chi connectivity index (χ4v) is 7.34. The van der Waals surface area contributed by atoms with Crippen LogP contribution in [0.2, 0.25) is 5.02 Å². The van der Waals surface area contributed by atoms with Gasteiger partial charge in [-0.15, -0.1) is 11.3 Å². The first-order valence-corrected chi connectivity index (χ1v) is 13.6. The van der Waals surface area contributed by atoms with Crippen LogP contribution in [0.5, 0.6) is 0 Å². The van der Waals surface area contributed by atoms with Gasteiger partial charge in [0.05, 0.1) is 0 Å². The van der Waals surface area contributed by atoms with Crippen LogP contribution in [0.4, 0.5) is 5.88 Å². The average molecular weight is 536 g/mol. The van der Waals surface area contributed by atoms with E-state index >= 15 is 0 Å². The minimum atomic E-state index is -4.32. The Morgan fingerprint density at radius 3 is 2.63 bits per heavy atom. The summed E-state index contributed by atoms with van der Waals surface area (Å²) >= 11 is 7.75. The van der Waals surface area contributed by atoms with Gasteiger partial charge in [0.25, 0.3) is 22.3 Å². The molecule has 3 aromatic heterocycles. The van der Waals surface area contributed by atoms with Gasteiger partial charge in [-0.25, -0.2) is 13.4 Å². The van der Waals surface area contributed by atoms with Gasteiger partial charge in [0.1, 0.15) is 20.4 Å². The number of rotatable bonds is 9. The number of fused-ring (bicyclic) bond motifs is 1. The minimum Gasteiger partial charge on any atom is -0.338 e. The van der Waals surface area contributed by atoms with Crippen LogP contribution in [0.15, 0.2) is 45.9 Å². The van der Waals surface area contributed by atoms with Crippen molar-refractivity contribution >= 4 is 49.1 Å². The Labute approximate surface area is 213 Å². The fraction of sp³-hybridized carbons (Fsp3) is 0.333. The summed E-state index contributed by atoms with van der Waals surface area (Å²) in [6, 6.07) is 9.56. The molecule has 8 nitrogen and oxygen atoms in total. The molecule has 0 radical (unpaired) electrons. The van der Waals surface area contributed by atoms with Gasteiger partial charge in [-0.3, -0.25) is 0 Å². The molecule has 0 bridgehead atoms. The summed E-state index contributed by atoms with van der Waals surface area (Å²) in [5.41, 5.74) is 3.58. The summed E-state index contributed by atoms with van der Waals surface area (Å²) in [4.78, 5) is 5.77. The Morgan fingerprint density at radius 1 is 1.23 bits per heavy atom. The van der Waals surface area contributed by atoms with Crippen LogP contribution in [0.1, 0.15) is 34.2 Å². The standard InChI is InChI=1S/C24H26ClN3O5S2/c1-6-32-24(31-5)28(23-20(25)16(4)27-33-23)35(29,30)21-18-8-7-11-26-22(18)34-19(21)13-17-10-9-14(2)12-15(17)3/h7-12,24H,6,13H2,1-5H3. The highest BCUT2D eigenvalue weighted by molar-refractivity contribution is 7.93. The Bertz CT molecular complexity index is 1470. The van der Waals surface area contributed by atoms with E-state index in [2.05, 4.69) is 16.2 Å². The lowest BCUT2D eigenvalue weighted by Gasteiger charge is -2.28. The number of hydrogen-bond donors (Lipinski definition) is 0. The van der Waals surface area contributed by atoms with Gasteiger partial charge in [0, 0.05) is 36.6 Å². The molecular formula is C24H26ClN3O5S2. The van der Waals surface area contributed by atoms with Crippen molar-refractivity contribution in [2.45, 2.75) is 45.4 Å². The average Bonchev–Trinajstić information content (AvgIpc) is 3.35. The van der Waals surface area contributed by atoms with Crippen LogP contribution in [0, 0.1) is 20.8 Å². The normalized spacial score (nSPS) is 12.9. The van der Waals surface area contributed by atoms with Crippen molar-refractivity contribution in [2.75, 3.05) is 18.0 Å². The zero-order valence-electron chi connectivity index (χ0n) is 20.0. The lowest BCUT2D eigenvalue weighted by Crippen LogP contribution is -2.43. The van der Waals surface area contributed by atoms with E-state index in [0.29, 0.717) is 27.2 Å². The van der Waals surface area contributed by atoms with Crippen molar-refractivity contribution < 1.29 is 22.4 Å². The second-order valence-corrected chi connectivity index (χ2v) is 11.2. The van der Waals surface area contributed by atoms with Gasteiger partial charge in [-0.2, -0.15) is 4.31 Å². The van der Waals surface area contributed by atoms with E-state index in [1.807, 2.05) is 26.0 Å². The van der Waals surface area contributed by atoms with Crippen molar-refractivity contribution in [3.63, 3.8) is 0 Å². The Hall–Kier alpha value is -2.50. The molecule has 0 saturated heterocycles. The highest BCUT2D eigenvalue weighted by Gasteiger charge is 2.40. The summed E-state index contributed by atoms with van der Waals surface area (Å²) in [5.74, 6) is -0.176. The number of ether oxygens (including phenoxy) is 2. The van der Waals surface area contributed by atoms with Gasteiger partial charge >= 0.3 is 0 Å². The largest absolute Gasteiger partial charge is 0.338 e. The maximum Gasteiger partial charge on any atom is 0.272 e. The lowest BCUT2D eigenvalue weighted by molar-refractivity contribution is -0.112. The third kappa shape index (κ3) is 4.81. The second-order valence-electron chi connectivity index (χ2n) is 8.00. The highest BCUT2D eigenvalue weighted by atomic mass is 35.5. The first kappa shape index (κ1) is 25.6. The number of hydrogen-bond acceptors (Lipinski definition) is 8. The van der Waals surface area contributed by atoms with Crippen molar-refractivity contribution in [1.29, 1.82) is 0 Å². The minimum absolute atomic E-state index is 0.0592. The number of halogens is 1. The van der Waals surface area contributed by atoms with Gasteiger partial charge in [0.2, 0.25) is 0 Å². The van der Waals surface area contributed by atoms with Gasteiger partial charge in [0.15, 0.2) is 0 Å². The molecule has 0 saturated carbocycles. The molecule has 0 spiro atoms. The van der Waals surface area contributed by atoms with E-state index in [1.165, 1.54) is 18.4 Å². The molecule has 0 aliphatic rings. The summed E-state index contributed by atoms with van der Waals surface area (Å²) in [6.45, 7) is 7.59. The SMILES string of the molecule is CCOC(OC)N(c1onc(C)c1Cl)S(=O)(=O)c1c(Cc2ccc(C)cc2C)sc2ncccc12. The molecule has 11 heteroatoms. The number of sulfonamides is 1. The van der Waals surface area contributed by atoms with Crippen LogP contribution in [-0.2, 0) is 25.9 Å². The van der Waals surface area contributed by atoms with Gasteiger partial charge in [-0.1, -0.05) is 40.5 Å². The van der Waals surface area contributed by atoms with Crippen LogP contribution < -0.4 is 4.31 Å². The Kier molecular flexibility index (Phi) is 7.48. The Balaban J connectivity index is 1.95. The Morgan fingerprint density at radius 2 is 2.00 bits per heavy atom. The maximum atomic E-state index is 14.4. The number of benzene rings is 1. The van der Waals surface area contributed by atoms with E-state index in [1.54, 1.807) is 32.2 Å². The summed E-state index contributed by atoms with van der Waals surface area (Å²) in [7, 11) is -2.97. The number of methoxy groups -OCH3 is 1. The molecular weight excluding hydrogens is 510 g/mol. The summed E-state index contributed by atoms with van der Waals surface area (Å²) in [6.07, 6.45) is 0.726.